The molecule has 0 radical (unpaired) electrons. The summed E-state index contributed by atoms with van der Waals surface area (Å²) in [6, 6.07) is 2.74. The van der Waals surface area contributed by atoms with E-state index in [1.165, 1.54) is 6.26 Å². The summed E-state index contributed by atoms with van der Waals surface area (Å²) in [5.41, 5.74) is -0.304. The van der Waals surface area contributed by atoms with Gasteiger partial charge in [-0.05, 0) is 24.5 Å². The van der Waals surface area contributed by atoms with E-state index in [1.54, 1.807) is 0 Å². The van der Waals surface area contributed by atoms with E-state index in [2.05, 4.69) is 4.74 Å². The number of alkyl halides is 5. The average Bonchev–Trinajstić information content (AvgIpc) is 2.14. The van der Waals surface area contributed by atoms with Crippen LogP contribution in [0.3, 0.4) is 0 Å². The molecular formula is C9H7F5OS. The summed E-state index contributed by atoms with van der Waals surface area (Å²) >= 11 is 0.937. The Morgan fingerprint density at radius 2 is 1.88 bits per heavy atom. The van der Waals surface area contributed by atoms with Crippen LogP contribution >= 0.6 is 11.8 Å². The molecule has 0 spiro atoms. The molecule has 0 aliphatic carbocycles. The molecule has 0 saturated carbocycles. The van der Waals surface area contributed by atoms with Crippen LogP contribution in [0.25, 0.3) is 0 Å². The van der Waals surface area contributed by atoms with E-state index in [-0.39, 0.29) is 10.5 Å². The summed E-state index contributed by atoms with van der Waals surface area (Å²) in [5, 5.41) is 0. The minimum absolute atomic E-state index is 0.0664. The third-order valence-corrected chi connectivity index (χ3v) is 2.47. The van der Waals surface area contributed by atoms with Gasteiger partial charge < -0.3 is 4.74 Å². The van der Waals surface area contributed by atoms with E-state index < -0.39 is 18.5 Å². The fourth-order valence-electron chi connectivity index (χ4n) is 1.07. The third kappa shape index (κ3) is 3.55. The lowest BCUT2D eigenvalue weighted by Gasteiger charge is -2.12. The molecule has 0 atom stereocenters. The summed E-state index contributed by atoms with van der Waals surface area (Å²) in [6.07, 6.45) is -6.04. The first-order valence-electron chi connectivity index (χ1n) is 4.05. The predicted octanol–water partition coefficient (Wildman–Crippen LogP) is 4.24. The maximum Gasteiger partial charge on any atom is 0.573 e. The number of halogens is 5. The standard InChI is InChI=1S/C9H7F5OS/c1-16-7-4-5(15-9(12,13)14)2-3-6(7)8(10)11/h2-4,8H,1H3. The van der Waals surface area contributed by atoms with Gasteiger partial charge in [-0.3, -0.25) is 0 Å². The number of thioether (sulfide) groups is 1. The quantitative estimate of drug-likeness (QED) is 0.592. The van der Waals surface area contributed by atoms with E-state index in [0.29, 0.717) is 0 Å². The first-order chi connectivity index (χ1) is 7.33. The van der Waals surface area contributed by atoms with Crippen LogP contribution in [0.2, 0.25) is 0 Å². The lowest BCUT2D eigenvalue weighted by Crippen LogP contribution is -2.17. The molecule has 1 aromatic carbocycles. The number of rotatable bonds is 3. The van der Waals surface area contributed by atoms with Crippen LogP contribution in [0.15, 0.2) is 23.1 Å². The molecule has 7 heteroatoms. The fourth-order valence-corrected chi connectivity index (χ4v) is 1.70. The maximum atomic E-state index is 12.4. The van der Waals surface area contributed by atoms with Gasteiger partial charge in [0.25, 0.3) is 6.43 Å². The number of hydrogen-bond acceptors (Lipinski definition) is 2. The van der Waals surface area contributed by atoms with E-state index >= 15 is 0 Å². The zero-order valence-electron chi connectivity index (χ0n) is 8.02. The molecule has 0 heterocycles. The van der Waals surface area contributed by atoms with E-state index in [0.717, 1.165) is 30.0 Å². The van der Waals surface area contributed by atoms with Gasteiger partial charge in [-0.1, -0.05) is 0 Å². The van der Waals surface area contributed by atoms with Crippen LogP contribution in [0.4, 0.5) is 22.0 Å². The van der Waals surface area contributed by atoms with Gasteiger partial charge in [-0.25, -0.2) is 8.78 Å². The van der Waals surface area contributed by atoms with Gasteiger partial charge in [0.15, 0.2) is 0 Å². The molecule has 0 aliphatic rings. The van der Waals surface area contributed by atoms with Gasteiger partial charge in [0.05, 0.1) is 0 Å². The Kier molecular flexibility index (Phi) is 4.01. The fraction of sp³-hybridized carbons (Fsp3) is 0.333. The van der Waals surface area contributed by atoms with Crippen LogP contribution in [-0.4, -0.2) is 12.6 Å². The highest BCUT2D eigenvalue weighted by Crippen LogP contribution is 2.33. The third-order valence-electron chi connectivity index (χ3n) is 1.67. The van der Waals surface area contributed by atoms with Crippen molar-refractivity contribution in [3.8, 4) is 5.75 Å². The van der Waals surface area contributed by atoms with Crippen molar-refractivity contribution in [1.82, 2.24) is 0 Å². The molecular weight excluding hydrogens is 251 g/mol. The zero-order chi connectivity index (χ0) is 12.3. The van der Waals surface area contributed by atoms with Gasteiger partial charge in [-0.2, -0.15) is 0 Å². The maximum absolute atomic E-state index is 12.4. The summed E-state index contributed by atoms with van der Waals surface area (Å²) in [7, 11) is 0. The van der Waals surface area contributed by atoms with Gasteiger partial charge in [0.2, 0.25) is 0 Å². The topological polar surface area (TPSA) is 9.23 Å². The van der Waals surface area contributed by atoms with Crippen molar-refractivity contribution in [2.24, 2.45) is 0 Å². The highest BCUT2D eigenvalue weighted by Gasteiger charge is 2.31. The first kappa shape index (κ1) is 13.1. The van der Waals surface area contributed by atoms with Gasteiger partial charge in [0.1, 0.15) is 5.75 Å². The summed E-state index contributed by atoms with van der Waals surface area (Å²) < 4.78 is 64.0. The Balaban J connectivity index is 3.00. The molecule has 0 saturated heterocycles. The molecule has 90 valence electrons. The van der Waals surface area contributed by atoms with Crippen molar-refractivity contribution in [3.63, 3.8) is 0 Å². The van der Waals surface area contributed by atoms with E-state index in [9.17, 15) is 22.0 Å². The van der Waals surface area contributed by atoms with Crippen LogP contribution in [0.1, 0.15) is 12.0 Å². The molecule has 0 fully saturated rings. The second-order valence-electron chi connectivity index (χ2n) is 2.75. The average molecular weight is 258 g/mol. The van der Waals surface area contributed by atoms with E-state index in [1.807, 2.05) is 0 Å². The molecule has 1 aromatic rings. The van der Waals surface area contributed by atoms with Crippen LogP contribution in [-0.2, 0) is 0 Å². The minimum atomic E-state index is -4.82. The predicted molar refractivity (Wildman–Crippen MR) is 49.9 cm³/mol. The van der Waals surface area contributed by atoms with Crippen molar-refractivity contribution in [1.29, 1.82) is 0 Å². The zero-order valence-corrected chi connectivity index (χ0v) is 8.83. The monoisotopic (exact) mass is 258 g/mol. The SMILES string of the molecule is CSc1cc(OC(F)(F)F)ccc1C(F)F. The van der Waals surface area contributed by atoms with Crippen molar-refractivity contribution in [3.05, 3.63) is 23.8 Å². The van der Waals surface area contributed by atoms with Crippen molar-refractivity contribution in [2.45, 2.75) is 17.7 Å². The Hall–Kier alpha value is -0.980. The largest absolute Gasteiger partial charge is 0.573 e. The summed E-state index contributed by atoms with van der Waals surface area (Å²) in [6.45, 7) is 0. The first-order valence-corrected chi connectivity index (χ1v) is 5.28. The Labute approximate surface area is 92.6 Å². The van der Waals surface area contributed by atoms with Crippen LogP contribution in [0.5, 0.6) is 5.75 Å². The van der Waals surface area contributed by atoms with Crippen molar-refractivity contribution < 1.29 is 26.7 Å². The number of ether oxygens (including phenoxy) is 1. The smallest absolute Gasteiger partial charge is 0.406 e. The van der Waals surface area contributed by atoms with Gasteiger partial charge in [0, 0.05) is 10.5 Å². The lowest BCUT2D eigenvalue weighted by molar-refractivity contribution is -0.274. The number of hydrogen-bond donors (Lipinski definition) is 0. The molecule has 0 bridgehead atoms. The van der Waals surface area contributed by atoms with Crippen molar-refractivity contribution in [2.75, 3.05) is 6.26 Å². The summed E-state index contributed by atoms with van der Waals surface area (Å²) in [5.74, 6) is -0.499. The molecule has 0 N–H and O–H groups in total. The lowest BCUT2D eigenvalue weighted by atomic mass is 10.2. The molecule has 0 amide bonds. The Bertz CT molecular complexity index is 363. The van der Waals surface area contributed by atoms with Gasteiger partial charge in [-0.15, -0.1) is 24.9 Å². The highest BCUT2D eigenvalue weighted by molar-refractivity contribution is 7.98. The number of benzene rings is 1. The highest BCUT2D eigenvalue weighted by atomic mass is 32.2. The van der Waals surface area contributed by atoms with E-state index in [4.69, 9.17) is 0 Å². The summed E-state index contributed by atoms with van der Waals surface area (Å²) in [4.78, 5) is 0.0664. The molecule has 1 nitrogen and oxygen atoms in total. The van der Waals surface area contributed by atoms with Crippen molar-refractivity contribution >= 4 is 11.8 Å². The molecule has 0 aliphatic heterocycles. The second-order valence-corrected chi connectivity index (χ2v) is 3.60. The normalized spacial score (nSPS) is 11.9. The second kappa shape index (κ2) is 4.90. The molecule has 0 aromatic heterocycles. The van der Waals surface area contributed by atoms with Gasteiger partial charge >= 0.3 is 6.36 Å². The Morgan fingerprint density at radius 3 is 2.31 bits per heavy atom. The van der Waals surface area contributed by atoms with Crippen LogP contribution < -0.4 is 4.74 Å². The molecule has 1 rings (SSSR count). The molecule has 16 heavy (non-hydrogen) atoms. The minimum Gasteiger partial charge on any atom is -0.406 e. The molecule has 0 unspecified atom stereocenters. The Morgan fingerprint density at radius 1 is 1.25 bits per heavy atom. The van der Waals surface area contributed by atoms with Crippen LogP contribution in [0, 0.1) is 0 Å².